The summed E-state index contributed by atoms with van der Waals surface area (Å²) in [4.78, 5) is 4.67. The molecule has 0 saturated carbocycles. The van der Waals surface area contributed by atoms with Crippen molar-refractivity contribution in [3.05, 3.63) is 206 Å². The predicted octanol–water partition coefficient (Wildman–Crippen LogP) is 13.5. The van der Waals surface area contributed by atoms with Crippen LogP contribution in [-0.4, -0.2) is 15.6 Å². The van der Waals surface area contributed by atoms with Crippen LogP contribution in [0, 0.1) is 5.82 Å². The number of halogens is 1. The SMILES string of the molecule is Fc1cc(Oc2ccc3c4ccccc4n(-c4ccccn4)c3c2)cc([N+]2=C=[N+](c3c(-c4ccccc4)cccc3-c3ccccc3)c3c2ccc2ccccc32)c1. The maximum absolute atomic E-state index is 15.9. The normalized spacial score (nSPS) is 12.2. The highest BCUT2D eigenvalue weighted by molar-refractivity contribution is 6.10. The van der Waals surface area contributed by atoms with Gasteiger partial charge in [-0.1, -0.05) is 109 Å². The van der Waals surface area contributed by atoms with E-state index in [1.165, 1.54) is 12.1 Å². The van der Waals surface area contributed by atoms with Crippen LogP contribution in [0.5, 0.6) is 11.5 Å². The predicted molar refractivity (Wildman–Crippen MR) is 234 cm³/mol. The maximum Gasteiger partial charge on any atom is 0.503 e. The molecule has 8 aromatic carbocycles. The molecule has 0 saturated heterocycles. The molecule has 1 aliphatic heterocycles. The van der Waals surface area contributed by atoms with Crippen LogP contribution in [-0.2, 0) is 0 Å². The van der Waals surface area contributed by atoms with E-state index in [1.807, 2.05) is 65.2 Å². The summed E-state index contributed by atoms with van der Waals surface area (Å²) in [5.41, 5.74) is 9.64. The Bertz CT molecular complexity index is 3240. The zero-order valence-electron chi connectivity index (χ0n) is 31.1. The number of hydrogen-bond acceptors (Lipinski definition) is 2. The minimum Gasteiger partial charge on any atom is -0.457 e. The lowest BCUT2D eigenvalue weighted by Gasteiger charge is -2.11. The Morgan fingerprint density at radius 2 is 1.19 bits per heavy atom. The molecule has 0 amide bonds. The molecular formula is C52H33FN4O+2. The first-order chi connectivity index (χ1) is 28.7. The van der Waals surface area contributed by atoms with Crippen LogP contribution in [0.15, 0.2) is 200 Å². The van der Waals surface area contributed by atoms with Crippen LogP contribution in [0.25, 0.3) is 60.6 Å². The van der Waals surface area contributed by atoms with Crippen LogP contribution in [0.1, 0.15) is 0 Å². The second-order valence-corrected chi connectivity index (χ2v) is 14.3. The molecular weight excluding hydrogens is 716 g/mol. The number of fused-ring (bicyclic) bond motifs is 6. The highest BCUT2D eigenvalue weighted by atomic mass is 19.1. The summed E-state index contributed by atoms with van der Waals surface area (Å²) < 4.78 is 28.7. The first-order valence-corrected chi connectivity index (χ1v) is 19.2. The van der Waals surface area contributed by atoms with E-state index >= 15 is 4.39 Å². The van der Waals surface area contributed by atoms with E-state index in [9.17, 15) is 0 Å². The van der Waals surface area contributed by atoms with Crippen molar-refractivity contribution >= 4 is 61.3 Å². The second-order valence-electron chi connectivity index (χ2n) is 14.3. The first kappa shape index (κ1) is 33.4. The van der Waals surface area contributed by atoms with Gasteiger partial charge in [-0.05, 0) is 80.3 Å². The third kappa shape index (κ3) is 5.59. The lowest BCUT2D eigenvalue weighted by atomic mass is 9.95. The third-order valence-electron chi connectivity index (χ3n) is 10.8. The summed E-state index contributed by atoms with van der Waals surface area (Å²) in [5.74, 6) is 1.33. The van der Waals surface area contributed by atoms with Crippen molar-refractivity contribution in [2.75, 3.05) is 0 Å². The van der Waals surface area contributed by atoms with Crippen molar-refractivity contribution in [2.24, 2.45) is 0 Å². The molecule has 272 valence electrons. The monoisotopic (exact) mass is 748 g/mol. The maximum atomic E-state index is 15.9. The van der Waals surface area contributed by atoms with Gasteiger partial charge >= 0.3 is 11.7 Å². The molecule has 0 radical (unpaired) electrons. The summed E-state index contributed by atoms with van der Waals surface area (Å²) in [7, 11) is 0. The topological polar surface area (TPSA) is 33.1 Å². The van der Waals surface area contributed by atoms with Gasteiger partial charge in [0.2, 0.25) is 11.4 Å². The van der Waals surface area contributed by atoms with E-state index in [0.717, 1.165) is 77.7 Å². The summed E-state index contributed by atoms with van der Waals surface area (Å²) in [6.07, 6.45) is 1.79. The molecule has 0 N–H and O–H groups in total. The van der Waals surface area contributed by atoms with E-state index in [2.05, 4.69) is 141 Å². The van der Waals surface area contributed by atoms with Gasteiger partial charge in [0.15, 0.2) is 0 Å². The summed E-state index contributed by atoms with van der Waals surface area (Å²) in [6.45, 7) is 0. The molecule has 1 aliphatic rings. The van der Waals surface area contributed by atoms with Crippen molar-refractivity contribution < 1.29 is 9.13 Å². The molecule has 6 heteroatoms. The van der Waals surface area contributed by atoms with E-state index in [0.29, 0.717) is 17.2 Å². The fourth-order valence-electron chi connectivity index (χ4n) is 8.33. The average Bonchev–Trinajstić information content (AvgIpc) is 3.83. The number of nitrogens with zero attached hydrogens (tertiary/aromatic N) is 4. The van der Waals surface area contributed by atoms with Crippen molar-refractivity contribution in [1.82, 2.24) is 18.7 Å². The van der Waals surface area contributed by atoms with Gasteiger partial charge in [-0.15, -0.1) is 0 Å². The molecule has 0 aliphatic carbocycles. The lowest BCUT2D eigenvalue weighted by molar-refractivity contribution is 0.477. The molecule has 0 bridgehead atoms. The second kappa shape index (κ2) is 13.7. The number of aromatic nitrogens is 2. The van der Waals surface area contributed by atoms with Gasteiger partial charge < -0.3 is 4.74 Å². The smallest absolute Gasteiger partial charge is 0.457 e. The Morgan fingerprint density at radius 1 is 0.500 bits per heavy atom. The fraction of sp³-hybridized carbons (Fsp3) is 0. The van der Waals surface area contributed by atoms with Gasteiger partial charge in [0, 0.05) is 41.2 Å². The number of benzene rings is 8. The third-order valence-corrected chi connectivity index (χ3v) is 10.8. The standard InChI is InChI=1S/C52H33FN4O/c53-38-30-39(32-41(31-38)58-40-26-27-46-45-20-9-10-23-47(45)57(49(46)33-40)50-24-11-12-29-54-50)55-34-56(52-44-19-8-7-18-37(44)25-28-48(52)55)51-42(35-14-3-1-4-15-35)21-13-22-43(51)36-16-5-2-6-17-36/h1-33H/q+2. The number of pyridine rings is 1. The van der Waals surface area contributed by atoms with Crippen molar-refractivity contribution in [1.29, 1.82) is 0 Å². The zero-order valence-corrected chi connectivity index (χ0v) is 31.1. The van der Waals surface area contributed by atoms with E-state index < -0.39 is 5.82 Å². The quantitative estimate of drug-likeness (QED) is 0.152. The van der Waals surface area contributed by atoms with Crippen LogP contribution in [0.3, 0.4) is 0 Å². The molecule has 0 unspecified atom stereocenters. The van der Waals surface area contributed by atoms with Gasteiger partial charge in [0.1, 0.15) is 23.1 Å². The van der Waals surface area contributed by atoms with E-state index in [4.69, 9.17) is 4.74 Å². The molecule has 11 rings (SSSR count). The van der Waals surface area contributed by atoms with Gasteiger partial charge in [-0.3, -0.25) is 4.57 Å². The first-order valence-electron chi connectivity index (χ1n) is 19.2. The summed E-state index contributed by atoms with van der Waals surface area (Å²) in [6, 6.07) is 68.5. The van der Waals surface area contributed by atoms with E-state index in [1.54, 1.807) is 6.20 Å². The van der Waals surface area contributed by atoms with Gasteiger partial charge in [0.25, 0.3) is 5.69 Å². The minimum absolute atomic E-state index is 0.368. The van der Waals surface area contributed by atoms with Gasteiger partial charge in [-0.25, -0.2) is 9.37 Å². The number of hydrogen-bond donors (Lipinski definition) is 0. The van der Waals surface area contributed by atoms with Crippen LogP contribution < -0.4 is 13.9 Å². The Morgan fingerprint density at radius 3 is 1.95 bits per heavy atom. The number of rotatable bonds is 7. The van der Waals surface area contributed by atoms with Crippen molar-refractivity contribution in [3.63, 3.8) is 0 Å². The van der Waals surface area contributed by atoms with Gasteiger partial charge in [0.05, 0.1) is 33.6 Å². The molecule has 0 atom stereocenters. The van der Waals surface area contributed by atoms with Crippen LogP contribution >= 0.6 is 0 Å². The average molecular weight is 749 g/mol. The molecule has 0 spiro atoms. The van der Waals surface area contributed by atoms with Crippen molar-refractivity contribution in [2.45, 2.75) is 0 Å². The van der Waals surface area contributed by atoms with E-state index in [-0.39, 0.29) is 0 Å². The molecule has 3 heterocycles. The Hall–Kier alpha value is -7.92. The molecule has 5 nitrogen and oxygen atoms in total. The van der Waals surface area contributed by atoms with Gasteiger partial charge in [-0.2, -0.15) is 0 Å². The van der Waals surface area contributed by atoms with Crippen LogP contribution in [0.2, 0.25) is 0 Å². The Labute approximate surface area is 333 Å². The van der Waals surface area contributed by atoms with Crippen molar-refractivity contribution in [3.8, 4) is 39.6 Å². The zero-order chi connectivity index (χ0) is 38.6. The highest BCUT2D eigenvalue weighted by Gasteiger charge is 2.41. The molecule has 10 aromatic rings. The summed E-state index contributed by atoms with van der Waals surface area (Å²) in [5, 5.41) is 4.34. The number of para-hydroxylation sites is 2. The summed E-state index contributed by atoms with van der Waals surface area (Å²) >= 11 is 0. The number of ether oxygens (including phenoxy) is 1. The fourth-order valence-corrected chi connectivity index (χ4v) is 8.33. The largest absolute Gasteiger partial charge is 0.503 e. The molecule has 0 fully saturated rings. The van der Waals surface area contributed by atoms with Crippen LogP contribution in [0.4, 0.5) is 27.1 Å². The minimum atomic E-state index is -0.423. The Kier molecular flexibility index (Phi) is 7.88. The molecule has 58 heavy (non-hydrogen) atoms. The highest BCUT2D eigenvalue weighted by Crippen LogP contribution is 2.47. The lowest BCUT2D eigenvalue weighted by Crippen LogP contribution is -2.05. The Balaban J connectivity index is 1.10. The molecule has 2 aromatic heterocycles.